The summed E-state index contributed by atoms with van der Waals surface area (Å²) in [7, 11) is 0. The molecule has 1 unspecified atom stereocenters. The lowest BCUT2D eigenvalue weighted by Crippen LogP contribution is -2.35. The number of hydrogen-bond donors (Lipinski definition) is 1. The van der Waals surface area contributed by atoms with E-state index >= 15 is 0 Å². The number of carbonyl (C=O) groups is 2. The van der Waals surface area contributed by atoms with Crippen molar-refractivity contribution in [2.24, 2.45) is 0 Å². The number of carboxylic acid groups (broad SMARTS) is 1. The van der Waals surface area contributed by atoms with Crippen LogP contribution >= 0.6 is 0 Å². The molecule has 114 valence electrons. The average molecular weight is 292 g/mol. The van der Waals surface area contributed by atoms with E-state index in [4.69, 9.17) is 9.84 Å². The Balaban J connectivity index is 2.04. The van der Waals surface area contributed by atoms with Crippen LogP contribution in [0.25, 0.3) is 0 Å². The predicted molar refractivity (Wildman–Crippen MR) is 76.4 cm³/mol. The molecular weight excluding hydrogens is 272 g/mol. The molecule has 0 aliphatic carbocycles. The highest BCUT2D eigenvalue weighted by Gasteiger charge is 2.30. The van der Waals surface area contributed by atoms with Gasteiger partial charge in [0, 0.05) is 31.4 Å². The number of carboxylic acids is 1. The van der Waals surface area contributed by atoms with Gasteiger partial charge in [0.2, 0.25) is 0 Å². The maximum atomic E-state index is 12.0. The zero-order valence-electron chi connectivity index (χ0n) is 12.5. The molecule has 1 aliphatic rings. The first kappa shape index (κ1) is 15.3. The van der Waals surface area contributed by atoms with Gasteiger partial charge in [-0.2, -0.15) is 0 Å². The number of amides is 1. The minimum Gasteiger partial charge on any atom is -0.478 e. The molecule has 0 bridgehead atoms. The molecule has 2 heterocycles. The summed E-state index contributed by atoms with van der Waals surface area (Å²) in [6.07, 6.45) is 3.44. The van der Waals surface area contributed by atoms with Gasteiger partial charge in [-0.3, -0.25) is 4.98 Å². The third-order valence-electron chi connectivity index (χ3n) is 3.32. The Labute approximate surface area is 123 Å². The smallest absolute Gasteiger partial charge is 0.410 e. The Bertz CT molecular complexity index is 551. The molecule has 0 radical (unpaired) electrons. The van der Waals surface area contributed by atoms with Gasteiger partial charge in [0.25, 0.3) is 0 Å². The quantitative estimate of drug-likeness (QED) is 0.906. The molecule has 2 rings (SSSR count). The SMILES string of the molecule is CC(C)(C)OC(=O)N1CCC(c2cncc(C(=O)O)c2)C1. The number of aromatic nitrogens is 1. The lowest BCUT2D eigenvalue weighted by atomic mass is 9.99. The van der Waals surface area contributed by atoms with Crippen LogP contribution in [0.5, 0.6) is 0 Å². The maximum Gasteiger partial charge on any atom is 0.410 e. The van der Waals surface area contributed by atoms with E-state index in [2.05, 4.69) is 4.98 Å². The Morgan fingerprint density at radius 1 is 1.38 bits per heavy atom. The van der Waals surface area contributed by atoms with Crippen LogP contribution in [0.15, 0.2) is 18.5 Å². The molecule has 1 aliphatic heterocycles. The molecule has 1 amide bonds. The summed E-state index contributed by atoms with van der Waals surface area (Å²) in [6, 6.07) is 1.62. The summed E-state index contributed by atoms with van der Waals surface area (Å²) < 4.78 is 5.35. The topological polar surface area (TPSA) is 79.7 Å². The summed E-state index contributed by atoms with van der Waals surface area (Å²) >= 11 is 0. The zero-order valence-corrected chi connectivity index (χ0v) is 12.5. The molecule has 0 spiro atoms. The van der Waals surface area contributed by atoms with Crippen LogP contribution in [0, 0.1) is 0 Å². The van der Waals surface area contributed by atoms with E-state index in [0.717, 1.165) is 12.0 Å². The van der Waals surface area contributed by atoms with Crippen molar-refractivity contribution in [1.29, 1.82) is 0 Å². The molecule has 0 aromatic carbocycles. The van der Waals surface area contributed by atoms with E-state index in [1.807, 2.05) is 20.8 Å². The first-order valence-electron chi connectivity index (χ1n) is 6.92. The van der Waals surface area contributed by atoms with Gasteiger partial charge in [-0.05, 0) is 38.8 Å². The van der Waals surface area contributed by atoms with Crippen molar-refractivity contribution in [3.05, 3.63) is 29.6 Å². The molecule has 6 heteroatoms. The fraction of sp³-hybridized carbons (Fsp3) is 0.533. The van der Waals surface area contributed by atoms with Gasteiger partial charge in [-0.1, -0.05) is 0 Å². The van der Waals surface area contributed by atoms with Gasteiger partial charge in [-0.15, -0.1) is 0 Å². The van der Waals surface area contributed by atoms with E-state index in [9.17, 15) is 9.59 Å². The molecular formula is C15H20N2O4. The van der Waals surface area contributed by atoms with Gasteiger partial charge >= 0.3 is 12.1 Å². The summed E-state index contributed by atoms with van der Waals surface area (Å²) in [6.45, 7) is 6.63. The molecule has 21 heavy (non-hydrogen) atoms. The molecule has 0 saturated carbocycles. The summed E-state index contributed by atoms with van der Waals surface area (Å²) in [5.41, 5.74) is 0.504. The van der Waals surface area contributed by atoms with Gasteiger partial charge in [-0.25, -0.2) is 9.59 Å². The van der Waals surface area contributed by atoms with Crippen LogP contribution in [0.2, 0.25) is 0 Å². The van der Waals surface area contributed by atoms with E-state index < -0.39 is 11.6 Å². The fourth-order valence-electron chi connectivity index (χ4n) is 2.32. The number of carbonyl (C=O) groups excluding carboxylic acids is 1. The Morgan fingerprint density at radius 3 is 2.71 bits per heavy atom. The molecule has 1 atom stereocenters. The summed E-state index contributed by atoms with van der Waals surface area (Å²) in [4.78, 5) is 28.6. The average Bonchev–Trinajstić information content (AvgIpc) is 2.86. The molecule has 1 fully saturated rings. The first-order valence-corrected chi connectivity index (χ1v) is 6.92. The minimum absolute atomic E-state index is 0.101. The van der Waals surface area contributed by atoms with Crippen LogP contribution < -0.4 is 0 Å². The second-order valence-corrected chi connectivity index (χ2v) is 6.22. The summed E-state index contributed by atoms with van der Waals surface area (Å²) in [5, 5.41) is 9.00. The zero-order chi connectivity index (χ0) is 15.6. The van der Waals surface area contributed by atoms with Crippen LogP contribution in [-0.2, 0) is 4.74 Å². The van der Waals surface area contributed by atoms with E-state index in [-0.39, 0.29) is 17.6 Å². The predicted octanol–water partition coefficient (Wildman–Crippen LogP) is 2.50. The van der Waals surface area contributed by atoms with Crippen molar-refractivity contribution in [1.82, 2.24) is 9.88 Å². The van der Waals surface area contributed by atoms with Crippen LogP contribution in [0.1, 0.15) is 49.0 Å². The lowest BCUT2D eigenvalue weighted by Gasteiger charge is -2.24. The van der Waals surface area contributed by atoms with Gasteiger partial charge < -0.3 is 14.7 Å². The van der Waals surface area contributed by atoms with E-state index in [0.29, 0.717) is 13.1 Å². The van der Waals surface area contributed by atoms with Crippen molar-refractivity contribution in [3.8, 4) is 0 Å². The monoisotopic (exact) mass is 292 g/mol. The number of rotatable bonds is 2. The Kier molecular flexibility index (Phi) is 4.16. The number of hydrogen-bond acceptors (Lipinski definition) is 4. The van der Waals surface area contributed by atoms with Crippen molar-refractivity contribution in [3.63, 3.8) is 0 Å². The van der Waals surface area contributed by atoms with Crippen molar-refractivity contribution in [2.45, 2.75) is 38.7 Å². The number of pyridine rings is 1. The molecule has 6 nitrogen and oxygen atoms in total. The van der Waals surface area contributed by atoms with Crippen LogP contribution in [0.3, 0.4) is 0 Å². The fourth-order valence-corrected chi connectivity index (χ4v) is 2.32. The Morgan fingerprint density at radius 2 is 2.10 bits per heavy atom. The maximum absolute atomic E-state index is 12.0. The highest BCUT2D eigenvalue weighted by molar-refractivity contribution is 5.87. The molecule has 1 aromatic rings. The third-order valence-corrected chi connectivity index (χ3v) is 3.32. The number of aromatic carboxylic acids is 1. The summed E-state index contributed by atoms with van der Waals surface area (Å²) in [5.74, 6) is -0.893. The lowest BCUT2D eigenvalue weighted by molar-refractivity contribution is 0.0292. The van der Waals surface area contributed by atoms with Crippen molar-refractivity contribution < 1.29 is 19.4 Å². The minimum atomic E-state index is -0.994. The highest BCUT2D eigenvalue weighted by Crippen LogP contribution is 2.28. The third kappa shape index (κ3) is 3.93. The standard InChI is InChI=1S/C15H20N2O4/c1-15(2,3)21-14(20)17-5-4-10(9-17)11-6-12(13(18)19)8-16-7-11/h6-8,10H,4-5,9H2,1-3H3,(H,18,19). The largest absolute Gasteiger partial charge is 0.478 e. The van der Waals surface area contributed by atoms with Crippen molar-refractivity contribution in [2.75, 3.05) is 13.1 Å². The molecule has 1 saturated heterocycles. The number of ether oxygens (including phenoxy) is 1. The van der Waals surface area contributed by atoms with Crippen molar-refractivity contribution >= 4 is 12.1 Å². The number of likely N-dealkylation sites (tertiary alicyclic amines) is 1. The first-order chi connectivity index (χ1) is 9.76. The van der Waals surface area contributed by atoms with Crippen LogP contribution in [0.4, 0.5) is 4.79 Å². The second kappa shape index (κ2) is 5.71. The number of nitrogens with zero attached hydrogens (tertiary/aromatic N) is 2. The molecule has 1 N–H and O–H groups in total. The molecule has 1 aromatic heterocycles. The second-order valence-electron chi connectivity index (χ2n) is 6.22. The Hall–Kier alpha value is -2.11. The van der Waals surface area contributed by atoms with Gasteiger partial charge in [0.15, 0.2) is 0 Å². The van der Waals surface area contributed by atoms with E-state index in [1.165, 1.54) is 6.20 Å². The van der Waals surface area contributed by atoms with Gasteiger partial charge in [0.05, 0.1) is 5.56 Å². The van der Waals surface area contributed by atoms with Crippen LogP contribution in [-0.4, -0.2) is 45.7 Å². The van der Waals surface area contributed by atoms with Gasteiger partial charge in [0.1, 0.15) is 5.60 Å². The van der Waals surface area contributed by atoms with E-state index in [1.54, 1.807) is 17.2 Å². The normalized spacial score (nSPS) is 18.6. The highest BCUT2D eigenvalue weighted by atomic mass is 16.6.